The average molecular weight is 421 g/mol. The number of nitrogens with zero attached hydrogens (tertiary/aromatic N) is 1. The fraction of sp³-hybridized carbons (Fsp3) is 0.0345. The van der Waals surface area contributed by atoms with Gasteiger partial charge in [0.2, 0.25) is 5.88 Å². The van der Waals surface area contributed by atoms with Gasteiger partial charge in [-0.1, -0.05) is 0 Å². The molecule has 2 rings (SSSR count). The second-order valence-corrected chi connectivity index (χ2v) is 5.69. The van der Waals surface area contributed by atoms with Gasteiger partial charge in [-0.15, -0.1) is 6.42 Å². The van der Waals surface area contributed by atoms with Crippen molar-refractivity contribution in [1.29, 1.82) is 0 Å². The lowest BCUT2D eigenvalue weighted by Crippen LogP contribution is -1.95. The molecule has 1 aromatic heterocycles. The Hall–Kier alpha value is -6.06. The van der Waals surface area contributed by atoms with E-state index >= 15 is 0 Å². The molecule has 0 fully saturated rings. The lowest BCUT2D eigenvalue weighted by atomic mass is 10.2. The van der Waals surface area contributed by atoms with Gasteiger partial charge in [0.1, 0.15) is 5.75 Å². The van der Waals surface area contributed by atoms with E-state index in [0.717, 1.165) is 0 Å². The van der Waals surface area contributed by atoms with Gasteiger partial charge in [0.05, 0.1) is 11.3 Å². The summed E-state index contributed by atoms with van der Waals surface area (Å²) in [7, 11) is 0. The standard InChI is InChI=1S/C29H11NO3/c1-3-4-5-6-7-8-9-10-11-12-13-14-15-16-17-18-19-25-23-28(32)30(29(25)33)27-21-20-26(31)22-24(27)2/h1,20-23,31-33H,2H3. The largest absolute Gasteiger partial charge is 0.508 e. The number of rotatable bonds is 1. The summed E-state index contributed by atoms with van der Waals surface area (Å²) in [6.07, 6.45) is 4.93. The lowest BCUT2D eigenvalue weighted by molar-refractivity contribution is 0.401. The summed E-state index contributed by atoms with van der Waals surface area (Å²) in [5.74, 6) is 41.4. The number of benzene rings is 1. The summed E-state index contributed by atoms with van der Waals surface area (Å²) in [6, 6.07) is 5.85. The molecule has 1 aromatic carbocycles. The molecule has 0 saturated carbocycles. The number of aryl methyl sites for hydroxylation is 1. The summed E-state index contributed by atoms with van der Waals surface area (Å²) < 4.78 is 1.22. The number of phenolic OH excluding ortho intramolecular Hbond substituents is 1. The highest BCUT2D eigenvalue weighted by molar-refractivity contribution is 5.57. The van der Waals surface area contributed by atoms with Crippen molar-refractivity contribution in [3.8, 4) is 130 Å². The maximum atomic E-state index is 10.4. The Kier molecular flexibility index (Phi) is 8.79. The zero-order valence-corrected chi connectivity index (χ0v) is 17.2. The molecule has 4 heteroatoms. The van der Waals surface area contributed by atoms with E-state index in [1.807, 2.05) is 0 Å². The minimum absolute atomic E-state index is 0.0811. The second-order valence-electron chi connectivity index (χ2n) is 5.69. The van der Waals surface area contributed by atoms with Crippen LogP contribution in [-0.4, -0.2) is 19.9 Å². The van der Waals surface area contributed by atoms with Gasteiger partial charge in [-0.3, -0.25) is 4.57 Å². The molecule has 33 heavy (non-hydrogen) atoms. The minimum atomic E-state index is -0.249. The molecule has 2 aromatic rings. The van der Waals surface area contributed by atoms with Crippen LogP contribution >= 0.6 is 0 Å². The molecule has 4 nitrogen and oxygen atoms in total. The number of aromatic nitrogens is 1. The predicted octanol–water partition coefficient (Wildman–Crippen LogP) is 1.91. The van der Waals surface area contributed by atoms with E-state index in [4.69, 9.17) is 6.42 Å². The molecular weight excluding hydrogens is 410 g/mol. The molecule has 150 valence electrons. The average Bonchev–Trinajstić information content (AvgIpc) is 3.06. The first-order valence-electron chi connectivity index (χ1n) is 8.95. The summed E-state index contributed by atoms with van der Waals surface area (Å²) in [6.45, 7) is 1.74. The summed E-state index contributed by atoms with van der Waals surface area (Å²) in [4.78, 5) is 0. The monoisotopic (exact) mass is 421 g/mol. The topological polar surface area (TPSA) is 65.6 Å². The van der Waals surface area contributed by atoms with E-state index in [9.17, 15) is 15.3 Å². The van der Waals surface area contributed by atoms with Crippen molar-refractivity contribution in [1.82, 2.24) is 4.57 Å². The third kappa shape index (κ3) is 7.36. The van der Waals surface area contributed by atoms with Crippen molar-refractivity contribution in [2.24, 2.45) is 0 Å². The van der Waals surface area contributed by atoms with Crippen LogP contribution in [0, 0.1) is 114 Å². The highest BCUT2D eigenvalue weighted by atomic mass is 16.3. The Morgan fingerprint density at radius 1 is 0.667 bits per heavy atom. The van der Waals surface area contributed by atoms with Crippen LogP contribution in [-0.2, 0) is 0 Å². The fourth-order valence-corrected chi connectivity index (χ4v) is 2.25. The van der Waals surface area contributed by atoms with Crippen molar-refractivity contribution in [2.45, 2.75) is 6.92 Å². The number of hydrogen-bond donors (Lipinski definition) is 3. The van der Waals surface area contributed by atoms with Gasteiger partial charge in [-0.2, -0.15) is 0 Å². The number of hydrogen-bond acceptors (Lipinski definition) is 3. The second kappa shape index (κ2) is 12.5. The summed E-state index contributed by atoms with van der Waals surface area (Å²) in [5.41, 5.74) is 1.34. The van der Waals surface area contributed by atoms with Crippen LogP contribution < -0.4 is 0 Å². The molecule has 0 saturated heterocycles. The van der Waals surface area contributed by atoms with Crippen LogP contribution in [0.4, 0.5) is 0 Å². The zero-order valence-electron chi connectivity index (χ0n) is 17.2. The SMILES string of the molecule is C#CC#CC#CC#CC#CC#CC#CC#CC#Cc1cc(O)n(-c2ccc(O)cc2C)c1O. The van der Waals surface area contributed by atoms with E-state index in [2.05, 4.69) is 101 Å². The fourth-order valence-electron chi connectivity index (χ4n) is 2.25. The van der Waals surface area contributed by atoms with E-state index in [1.165, 1.54) is 22.8 Å². The smallest absolute Gasteiger partial charge is 0.214 e. The Morgan fingerprint density at radius 3 is 1.64 bits per heavy atom. The molecule has 0 aliphatic heterocycles. The Morgan fingerprint density at radius 2 is 1.15 bits per heavy atom. The van der Waals surface area contributed by atoms with Crippen LogP contribution in [0.1, 0.15) is 11.1 Å². The van der Waals surface area contributed by atoms with Gasteiger partial charge >= 0.3 is 0 Å². The van der Waals surface area contributed by atoms with E-state index in [1.54, 1.807) is 13.0 Å². The van der Waals surface area contributed by atoms with Crippen LogP contribution in [0.15, 0.2) is 24.3 Å². The normalized spacial score (nSPS) is 7.15. The molecular formula is C29H11NO3. The van der Waals surface area contributed by atoms with Crippen LogP contribution in [0.3, 0.4) is 0 Å². The van der Waals surface area contributed by atoms with E-state index < -0.39 is 0 Å². The molecule has 0 aliphatic carbocycles. The number of terminal acetylenes is 1. The quantitative estimate of drug-likeness (QED) is 0.617. The molecule has 0 bridgehead atoms. The lowest BCUT2D eigenvalue weighted by Gasteiger charge is -2.10. The molecule has 0 aliphatic rings. The van der Waals surface area contributed by atoms with Gasteiger partial charge in [-0.25, -0.2) is 0 Å². The van der Waals surface area contributed by atoms with Gasteiger partial charge in [-0.05, 0) is 131 Å². The molecule has 0 atom stereocenters. The summed E-state index contributed by atoms with van der Waals surface area (Å²) >= 11 is 0. The Labute approximate surface area is 192 Å². The first-order valence-corrected chi connectivity index (χ1v) is 8.95. The van der Waals surface area contributed by atoms with Crippen LogP contribution in [0.2, 0.25) is 0 Å². The van der Waals surface area contributed by atoms with Crippen LogP contribution in [0.5, 0.6) is 17.5 Å². The zero-order chi connectivity index (χ0) is 23.9. The van der Waals surface area contributed by atoms with Gasteiger partial charge in [0, 0.05) is 6.07 Å². The van der Waals surface area contributed by atoms with Gasteiger partial charge in [0.15, 0.2) is 5.88 Å². The van der Waals surface area contributed by atoms with E-state index in [0.29, 0.717) is 11.3 Å². The Balaban J connectivity index is 2.03. The Bertz CT molecular complexity index is 1650. The minimum Gasteiger partial charge on any atom is -0.508 e. The molecule has 0 spiro atoms. The van der Waals surface area contributed by atoms with Gasteiger partial charge in [0.25, 0.3) is 0 Å². The van der Waals surface area contributed by atoms with Crippen molar-refractivity contribution in [3.05, 3.63) is 35.4 Å². The van der Waals surface area contributed by atoms with Crippen molar-refractivity contribution in [3.63, 3.8) is 0 Å². The molecule has 0 radical (unpaired) electrons. The third-order valence-corrected chi connectivity index (χ3v) is 3.52. The molecule has 0 unspecified atom stereocenters. The van der Waals surface area contributed by atoms with Crippen LogP contribution in [0.25, 0.3) is 5.69 Å². The maximum Gasteiger partial charge on any atom is 0.214 e. The molecule has 1 heterocycles. The van der Waals surface area contributed by atoms with Crippen molar-refractivity contribution in [2.75, 3.05) is 0 Å². The van der Waals surface area contributed by atoms with Crippen molar-refractivity contribution >= 4 is 0 Å². The number of aromatic hydroxyl groups is 3. The van der Waals surface area contributed by atoms with Crippen molar-refractivity contribution < 1.29 is 15.3 Å². The molecule has 0 amide bonds. The first kappa shape index (κ1) is 23.2. The third-order valence-electron chi connectivity index (χ3n) is 3.52. The molecule has 3 N–H and O–H groups in total. The van der Waals surface area contributed by atoms with Gasteiger partial charge < -0.3 is 15.3 Å². The number of phenols is 1. The summed E-state index contributed by atoms with van der Waals surface area (Å²) in [5, 5.41) is 30.1. The maximum absolute atomic E-state index is 10.4. The first-order chi connectivity index (χ1) is 16.0. The highest BCUT2D eigenvalue weighted by Crippen LogP contribution is 2.33. The highest BCUT2D eigenvalue weighted by Gasteiger charge is 2.15. The predicted molar refractivity (Wildman–Crippen MR) is 126 cm³/mol. The van der Waals surface area contributed by atoms with E-state index in [-0.39, 0.29) is 23.1 Å².